The maximum atomic E-state index is 10.9. The molecule has 4 rings (SSSR count). The highest BCUT2D eigenvalue weighted by Gasteiger charge is 2.29. The zero-order valence-electron chi connectivity index (χ0n) is 32.2. The third-order valence-corrected chi connectivity index (χ3v) is 10.3. The van der Waals surface area contributed by atoms with Crippen molar-refractivity contribution in [2.45, 2.75) is 151 Å². The first-order valence-corrected chi connectivity index (χ1v) is 18.4. The molecule has 0 unspecified atom stereocenters. The molecule has 0 aliphatic rings. The molecule has 1 N–H and O–H groups in total. The molecule has 258 valence electrons. The molecule has 1 aromatic heterocycles. The van der Waals surface area contributed by atoms with Crippen LogP contribution in [0.5, 0.6) is 5.75 Å². The first-order chi connectivity index (χ1) is 21.3. The largest absolute Gasteiger partial charge is 0.507 e. The first kappa shape index (κ1) is 37.1. The van der Waals surface area contributed by atoms with E-state index < -0.39 is 8.24 Å². The van der Waals surface area contributed by atoms with Crippen molar-refractivity contribution in [1.82, 2.24) is 0 Å². The molecule has 0 atom stereocenters. The first-order valence-electron chi connectivity index (χ1n) is 17.3. The van der Waals surface area contributed by atoms with Gasteiger partial charge in [0.05, 0.1) is 6.61 Å². The second kappa shape index (κ2) is 12.6. The molecule has 3 aromatic carbocycles. The van der Waals surface area contributed by atoms with Gasteiger partial charge in [-0.15, -0.1) is 0 Å². The highest BCUT2D eigenvalue weighted by atomic mass is 31.1. The molecule has 0 saturated heterocycles. The summed E-state index contributed by atoms with van der Waals surface area (Å²) in [6.45, 7) is 36.0. The van der Waals surface area contributed by atoms with Crippen molar-refractivity contribution in [3.63, 3.8) is 0 Å². The van der Waals surface area contributed by atoms with Gasteiger partial charge in [0.2, 0.25) is 0 Å². The number of benzene rings is 3. The standard InChI is InChI=1S/C42H61O4P/c1-26-27(19-20-32(35(26)43)40(8,9)10)18-17-21-44-47-45-36-30(22-28(38(2,3)4)24-33(36)41(11,12)13)31-23-29(39(5,6)7)25-34(37(31)46-47)42(14,15)16/h19-20,22-25,43H,17-18,21H2,1-16H3. The number of phenolic OH excluding ortho intramolecular Hbond substituents is 1. The average molecular weight is 661 g/mol. The second-order valence-corrected chi connectivity index (χ2v) is 19.7. The lowest BCUT2D eigenvalue weighted by Gasteiger charge is -2.27. The van der Waals surface area contributed by atoms with Crippen molar-refractivity contribution in [2.24, 2.45) is 0 Å². The predicted octanol–water partition coefficient (Wildman–Crippen LogP) is 12.9. The van der Waals surface area contributed by atoms with Crippen molar-refractivity contribution in [3.05, 3.63) is 75.3 Å². The van der Waals surface area contributed by atoms with Crippen LogP contribution in [-0.4, -0.2) is 11.7 Å². The van der Waals surface area contributed by atoms with Gasteiger partial charge in [-0.25, -0.2) is 0 Å². The summed E-state index contributed by atoms with van der Waals surface area (Å²) in [4.78, 5) is 0. The number of rotatable bonds is 5. The number of aryl methyl sites for hydroxylation is 1. The summed E-state index contributed by atoms with van der Waals surface area (Å²) >= 11 is 0. The van der Waals surface area contributed by atoms with Crippen LogP contribution in [0, 0.1) is 6.92 Å². The highest BCUT2D eigenvalue weighted by molar-refractivity contribution is 7.31. The molecule has 0 bridgehead atoms. The smallest absolute Gasteiger partial charge is 0.387 e. The van der Waals surface area contributed by atoms with Crippen LogP contribution in [0.2, 0.25) is 0 Å². The maximum Gasteiger partial charge on any atom is 0.387 e. The Kier molecular flexibility index (Phi) is 10.00. The van der Waals surface area contributed by atoms with Gasteiger partial charge in [-0.1, -0.05) is 128 Å². The van der Waals surface area contributed by atoms with Crippen LogP contribution < -0.4 is 4.52 Å². The van der Waals surface area contributed by atoms with E-state index in [1.54, 1.807) is 0 Å². The molecular weight excluding hydrogens is 599 g/mol. The highest BCUT2D eigenvalue weighted by Crippen LogP contribution is 2.45. The van der Waals surface area contributed by atoms with E-state index in [2.05, 4.69) is 140 Å². The zero-order valence-corrected chi connectivity index (χ0v) is 33.1. The zero-order chi connectivity index (χ0) is 35.5. The molecule has 0 aliphatic carbocycles. The molecular formula is C42H61O4P. The number of phenols is 1. The van der Waals surface area contributed by atoms with E-state index in [0.717, 1.165) is 62.6 Å². The van der Waals surface area contributed by atoms with Crippen LogP contribution in [-0.2, 0) is 33.5 Å². The van der Waals surface area contributed by atoms with Crippen molar-refractivity contribution in [3.8, 4) is 5.75 Å². The molecule has 4 aromatic rings. The molecule has 1 heterocycles. The Balaban J connectivity index is 1.93. The molecule has 0 aliphatic heterocycles. The minimum Gasteiger partial charge on any atom is -0.507 e. The van der Waals surface area contributed by atoms with Crippen molar-refractivity contribution in [1.29, 1.82) is 0 Å². The second-order valence-electron chi connectivity index (χ2n) is 18.6. The lowest BCUT2D eigenvalue weighted by Crippen LogP contribution is -2.17. The van der Waals surface area contributed by atoms with Gasteiger partial charge in [-0.05, 0) is 86.8 Å². The summed E-state index contributed by atoms with van der Waals surface area (Å²) in [7, 11) is -1.74. The van der Waals surface area contributed by atoms with E-state index in [0.29, 0.717) is 12.4 Å². The van der Waals surface area contributed by atoms with Crippen LogP contribution in [0.25, 0.3) is 21.9 Å². The lowest BCUT2D eigenvalue weighted by molar-refractivity contribution is 0.363. The van der Waals surface area contributed by atoms with Gasteiger partial charge in [-0.3, -0.25) is 4.52 Å². The van der Waals surface area contributed by atoms with Gasteiger partial charge in [-0.2, -0.15) is 0 Å². The molecule has 0 amide bonds. The fourth-order valence-electron chi connectivity index (χ4n) is 6.07. The quantitative estimate of drug-likeness (QED) is 0.216. The van der Waals surface area contributed by atoms with Crippen LogP contribution in [0.15, 0.2) is 44.8 Å². The Morgan fingerprint density at radius 2 is 1.02 bits per heavy atom. The van der Waals surface area contributed by atoms with Crippen LogP contribution in [0.1, 0.15) is 149 Å². The summed E-state index contributed by atoms with van der Waals surface area (Å²) in [5.41, 5.74) is 9.13. The third-order valence-electron chi connectivity index (χ3n) is 9.29. The van der Waals surface area contributed by atoms with E-state index in [1.807, 2.05) is 6.92 Å². The van der Waals surface area contributed by atoms with Crippen LogP contribution >= 0.6 is 8.24 Å². The molecule has 0 saturated carbocycles. The van der Waals surface area contributed by atoms with Gasteiger partial charge in [0.15, 0.2) is 0 Å². The Bertz CT molecular complexity index is 1710. The van der Waals surface area contributed by atoms with Gasteiger partial charge in [0.1, 0.15) is 16.9 Å². The maximum absolute atomic E-state index is 10.9. The van der Waals surface area contributed by atoms with Crippen molar-refractivity contribution in [2.75, 3.05) is 6.61 Å². The normalized spacial score (nSPS) is 13.5. The molecule has 5 heteroatoms. The van der Waals surface area contributed by atoms with E-state index in [1.165, 1.54) is 11.1 Å². The molecule has 0 radical (unpaired) electrons. The van der Waals surface area contributed by atoms with Crippen LogP contribution in [0.3, 0.4) is 0 Å². The van der Waals surface area contributed by atoms with Gasteiger partial charge in [0, 0.05) is 21.9 Å². The lowest BCUT2D eigenvalue weighted by atomic mass is 9.77. The Labute approximate surface area is 285 Å². The van der Waals surface area contributed by atoms with Crippen molar-refractivity contribution < 1.29 is 18.0 Å². The monoisotopic (exact) mass is 660 g/mol. The predicted molar refractivity (Wildman–Crippen MR) is 202 cm³/mol. The summed E-state index contributed by atoms with van der Waals surface area (Å²) in [6, 6.07) is 13.5. The minimum absolute atomic E-state index is 0.0459. The van der Waals surface area contributed by atoms with Gasteiger partial charge < -0.3 is 13.5 Å². The number of aromatic hydroxyl groups is 1. The third kappa shape index (κ3) is 8.14. The van der Waals surface area contributed by atoms with Crippen LogP contribution in [0.4, 0.5) is 0 Å². The van der Waals surface area contributed by atoms with E-state index in [4.69, 9.17) is 12.9 Å². The Morgan fingerprint density at radius 1 is 0.596 bits per heavy atom. The number of fused-ring (bicyclic) bond motifs is 3. The summed E-state index contributed by atoms with van der Waals surface area (Å²) in [5.74, 6) is 0.401. The molecule has 0 spiro atoms. The fourth-order valence-corrected chi connectivity index (χ4v) is 7.19. The Hall–Kier alpha value is -2.68. The average Bonchev–Trinajstić information content (AvgIpc) is 3.05. The summed E-state index contributed by atoms with van der Waals surface area (Å²) < 4.78 is 20.3. The summed E-state index contributed by atoms with van der Waals surface area (Å²) in [6.07, 6.45) is 1.58. The topological polar surface area (TPSA) is 55.7 Å². The summed E-state index contributed by atoms with van der Waals surface area (Å²) in [5, 5.41) is 13.1. The minimum atomic E-state index is -1.74. The van der Waals surface area contributed by atoms with Gasteiger partial charge >= 0.3 is 8.24 Å². The fraction of sp³-hybridized carbons (Fsp3) is 0.571. The van der Waals surface area contributed by atoms with E-state index in [-0.39, 0.29) is 27.1 Å². The SMILES string of the molecule is Cc1c(CCCOp2oc3c(C(C)(C)C)cc(C(C)(C)C)cc3c3cc(C(C)(C)C)cc(C(C)(C)C)c3o2)ccc(C(C)(C)C)c1O. The molecule has 47 heavy (non-hydrogen) atoms. The Morgan fingerprint density at radius 3 is 1.40 bits per heavy atom. The molecule has 4 nitrogen and oxygen atoms in total. The van der Waals surface area contributed by atoms with E-state index in [9.17, 15) is 5.11 Å². The number of hydrogen-bond donors (Lipinski definition) is 1. The van der Waals surface area contributed by atoms with E-state index >= 15 is 0 Å². The number of hydrogen-bond acceptors (Lipinski definition) is 4. The molecule has 0 fully saturated rings. The van der Waals surface area contributed by atoms with Crippen molar-refractivity contribution >= 4 is 30.2 Å². The van der Waals surface area contributed by atoms with Gasteiger partial charge in [0.25, 0.3) is 0 Å².